The Morgan fingerprint density at radius 3 is 2.93 bits per heavy atom. The molecule has 1 aromatic carbocycles. The number of imidazole rings is 1. The van der Waals surface area contributed by atoms with E-state index in [1.54, 1.807) is 6.07 Å². The number of hydrogen-bond donors (Lipinski definition) is 2. The fourth-order valence-corrected chi connectivity index (χ4v) is 1.75. The van der Waals surface area contributed by atoms with Crippen LogP contribution in [0.25, 0.3) is 11.0 Å². The van der Waals surface area contributed by atoms with Crippen LogP contribution in [-0.2, 0) is 6.54 Å². The van der Waals surface area contributed by atoms with Gasteiger partial charge in [0, 0.05) is 6.54 Å². The number of fused-ring (bicyclic) bond motifs is 1. The first-order valence-electron chi connectivity index (χ1n) is 4.64. The van der Waals surface area contributed by atoms with E-state index < -0.39 is 0 Å². The van der Waals surface area contributed by atoms with E-state index in [0.717, 1.165) is 23.4 Å². The van der Waals surface area contributed by atoms with Crippen molar-refractivity contribution >= 4 is 16.7 Å². The summed E-state index contributed by atoms with van der Waals surface area (Å²) >= 11 is 0. The molecule has 2 aromatic rings. The molecule has 1 aromatic heterocycles. The van der Waals surface area contributed by atoms with Gasteiger partial charge in [-0.25, -0.2) is 4.98 Å². The first kappa shape index (κ1) is 9.02. The van der Waals surface area contributed by atoms with Crippen molar-refractivity contribution in [1.82, 2.24) is 9.55 Å². The summed E-state index contributed by atoms with van der Waals surface area (Å²) in [5, 5.41) is 8.91. The van der Waals surface area contributed by atoms with Gasteiger partial charge in [0.1, 0.15) is 11.3 Å². The lowest BCUT2D eigenvalue weighted by molar-refractivity contribution is 0.389. The number of nitrogens with one attached hydrogen (secondary N) is 1. The van der Waals surface area contributed by atoms with Gasteiger partial charge in [0.2, 0.25) is 0 Å². The van der Waals surface area contributed by atoms with Gasteiger partial charge in [0.25, 0.3) is 0 Å². The molecule has 2 rings (SSSR count). The van der Waals surface area contributed by atoms with E-state index in [9.17, 15) is 0 Å². The standard InChI is InChI=1S/C10H13N3O/c1-3-13-7(2)11-10-8(12-14)5-4-6-9(10)13/h4-6,12,14H,3H2,1-2H3. The first-order valence-corrected chi connectivity index (χ1v) is 4.64. The van der Waals surface area contributed by atoms with Crippen LogP contribution in [-0.4, -0.2) is 14.8 Å². The molecule has 0 radical (unpaired) electrons. The van der Waals surface area contributed by atoms with Gasteiger partial charge in [0.05, 0.1) is 11.2 Å². The highest BCUT2D eigenvalue weighted by Gasteiger charge is 2.08. The lowest BCUT2D eigenvalue weighted by atomic mass is 10.3. The topological polar surface area (TPSA) is 50.1 Å². The summed E-state index contributed by atoms with van der Waals surface area (Å²) in [4.78, 5) is 4.40. The van der Waals surface area contributed by atoms with Crippen molar-refractivity contribution in [1.29, 1.82) is 0 Å². The van der Waals surface area contributed by atoms with Crippen LogP contribution >= 0.6 is 0 Å². The maximum absolute atomic E-state index is 8.91. The minimum Gasteiger partial charge on any atom is -0.328 e. The smallest absolute Gasteiger partial charge is 0.114 e. The normalized spacial score (nSPS) is 10.8. The van der Waals surface area contributed by atoms with Gasteiger partial charge in [-0.1, -0.05) is 6.07 Å². The number of nitrogens with zero attached hydrogens (tertiary/aromatic N) is 2. The van der Waals surface area contributed by atoms with Crippen LogP contribution in [0.3, 0.4) is 0 Å². The maximum Gasteiger partial charge on any atom is 0.114 e. The summed E-state index contributed by atoms with van der Waals surface area (Å²) in [5.41, 5.74) is 4.67. The predicted molar refractivity (Wildman–Crippen MR) is 55.6 cm³/mol. The van der Waals surface area contributed by atoms with Crippen molar-refractivity contribution in [2.75, 3.05) is 5.48 Å². The molecule has 0 aliphatic heterocycles. The Morgan fingerprint density at radius 2 is 2.29 bits per heavy atom. The zero-order valence-electron chi connectivity index (χ0n) is 8.28. The fraction of sp³-hybridized carbons (Fsp3) is 0.300. The fourth-order valence-electron chi connectivity index (χ4n) is 1.75. The molecule has 4 heteroatoms. The van der Waals surface area contributed by atoms with Gasteiger partial charge in [-0.2, -0.15) is 0 Å². The van der Waals surface area contributed by atoms with Gasteiger partial charge >= 0.3 is 0 Å². The summed E-state index contributed by atoms with van der Waals surface area (Å²) in [7, 11) is 0. The molecule has 74 valence electrons. The highest BCUT2D eigenvalue weighted by molar-refractivity contribution is 5.88. The quantitative estimate of drug-likeness (QED) is 0.715. The van der Waals surface area contributed by atoms with Gasteiger partial charge in [-0.05, 0) is 26.0 Å². The van der Waals surface area contributed by atoms with Gasteiger partial charge < -0.3 is 4.57 Å². The molecule has 14 heavy (non-hydrogen) atoms. The summed E-state index contributed by atoms with van der Waals surface area (Å²) < 4.78 is 2.11. The van der Waals surface area contributed by atoms with Crippen LogP contribution in [0.4, 0.5) is 5.69 Å². The third-order valence-corrected chi connectivity index (χ3v) is 2.41. The Bertz CT molecular complexity index is 462. The first-order chi connectivity index (χ1) is 6.77. The number of hydrogen-bond acceptors (Lipinski definition) is 3. The second kappa shape index (κ2) is 3.31. The molecular weight excluding hydrogens is 178 g/mol. The van der Waals surface area contributed by atoms with E-state index in [-0.39, 0.29) is 0 Å². The largest absolute Gasteiger partial charge is 0.328 e. The zero-order chi connectivity index (χ0) is 10.1. The minimum atomic E-state index is 0.651. The molecule has 0 spiro atoms. The number of para-hydroxylation sites is 1. The molecule has 0 bridgehead atoms. The number of rotatable bonds is 2. The third-order valence-electron chi connectivity index (χ3n) is 2.41. The van der Waals surface area contributed by atoms with E-state index in [2.05, 4.69) is 22.0 Å². The van der Waals surface area contributed by atoms with Crippen LogP contribution < -0.4 is 5.48 Å². The van der Waals surface area contributed by atoms with E-state index in [4.69, 9.17) is 5.21 Å². The monoisotopic (exact) mass is 191 g/mol. The molecule has 0 aliphatic carbocycles. The molecule has 0 unspecified atom stereocenters. The molecule has 0 saturated heterocycles. The van der Waals surface area contributed by atoms with Crippen molar-refractivity contribution in [3.05, 3.63) is 24.0 Å². The van der Waals surface area contributed by atoms with Gasteiger partial charge in [0.15, 0.2) is 0 Å². The Kier molecular flexibility index (Phi) is 2.13. The molecule has 0 fully saturated rings. The summed E-state index contributed by atoms with van der Waals surface area (Å²) in [5.74, 6) is 0.963. The number of anilines is 1. The molecular formula is C10H13N3O. The molecule has 2 N–H and O–H groups in total. The number of aromatic nitrogens is 2. The van der Waals surface area contributed by atoms with Crippen LogP contribution in [0.1, 0.15) is 12.7 Å². The van der Waals surface area contributed by atoms with E-state index in [1.165, 1.54) is 0 Å². The van der Waals surface area contributed by atoms with E-state index in [1.807, 2.05) is 19.1 Å². The molecule has 0 saturated carbocycles. The molecule has 0 aliphatic rings. The Morgan fingerprint density at radius 1 is 1.50 bits per heavy atom. The summed E-state index contributed by atoms with van der Waals surface area (Å²) in [6, 6.07) is 5.70. The lowest BCUT2D eigenvalue weighted by Gasteiger charge is -2.02. The average molecular weight is 191 g/mol. The zero-order valence-corrected chi connectivity index (χ0v) is 8.28. The Balaban J connectivity index is 2.79. The lowest BCUT2D eigenvalue weighted by Crippen LogP contribution is -1.96. The van der Waals surface area contributed by atoms with Crippen molar-refractivity contribution in [3.63, 3.8) is 0 Å². The van der Waals surface area contributed by atoms with Crippen molar-refractivity contribution < 1.29 is 5.21 Å². The number of aryl methyl sites for hydroxylation is 2. The van der Waals surface area contributed by atoms with Crippen LogP contribution in [0.15, 0.2) is 18.2 Å². The molecule has 4 nitrogen and oxygen atoms in total. The van der Waals surface area contributed by atoms with Gasteiger partial charge in [-0.3, -0.25) is 10.7 Å². The third kappa shape index (κ3) is 1.15. The van der Waals surface area contributed by atoms with Gasteiger partial charge in [-0.15, -0.1) is 0 Å². The SMILES string of the molecule is CCn1c(C)nc2c(NO)cccc21. The Labute approximate surface area is 82.1 Å². The van der Waals surface area contributed by atoms with Crippen molar-refractivity contribution in [2.45, 2.75) is 20.4 Å². The average Bonchev–Trinajstić information content (AvgIpc) is 2.52. The van der Waals surface area contributed by atoms with E-state index >= 15 is 0 Å². The van der Waals surface area contributed by atoms with Crippen molar-refractivity contribution in [3.8, 4) is 0 Å². The molecule has 1 heterocycles. The second-order valence-electron chi connectivity index (χ2n) is 3.19. The Hall–Kier alpha value is -1.55. The summed E-state index contributed by atoms with van der Waals surface area (Å²) in [6.45, 7) is 4.93. The van der Waals surface area contributed by atoms with Crippen LogP contribution in [0.2, 0.25) is 0 Å². The summed E-state index contributed by atoms with van der Waals surface area (Å²) in [6.07, 6.45) is 0. The highest BCUT2D eigenvalue weighted by atomic mass is 16.5. The maximum atomic E-state index is 8.91. The molecule has 0 amide bonds. The van der Waals surface area contributed by atoms with Crippen LogP contribution in [0.5, 0.6) is 0 Å². The number of benzene rings is 1. The van der Waals surface area contributed by atoms with Crippen molar-refractivity contribution in [2.24, 2.45) is 0 Å². The highest BCUT2D eigenvalue weighted by Crippen LogP contribution is 2.23. The van der Waals surface area contributed by atoms with E-state index in [0.29, 0.717) is 5.69 Å². The van der Waals surface area contributed by atoms with Crippen LogP contribution in [0, 0.1) is 6.92 Å². The minimum absolute atomic E-state index is 0.651. The predicted octanol–water partition coefficient (Wildman–Crippen LogP) is 2.17. The second-order valence-corrected chi connectivity index (χ2v) is 3.19. The molecule has 0 atom stereocenters.